The standard InChI is InChI=1S/C15H11BrN4O2/c16-11-7-5-10(6-8-11)9-17-19-15-18-13-4-2-1-3-12(13)14(21)20(15)22/h1-9,22H,(H,18,19)/b17-9+. The van der Waals surface area contributed by atoms with Gasteiger partial charge in [0.05, 0.1) is 17.1 Å². The van der Waals surface area contributed by atoms with E-state index in [-0.39, 0.29) is 5.95 Å². The molecule has 2 N–H and O–H groups in total. The fourth-order valence-electron chi connectivity index (χ4n) is 1.91. The normalized spacial score (nSPS) is 11.1. The number of hydrogen-bond acceptors (Lipinski definition) is 5. The summed E-state index contributed by atoms with van der Waals surface area (Å²) in [6.07, 6.45) is 1.56. The molecule has 3 rings (SSSR count). The second kappa shape index (κ2) is 5.98. The van der Waals surface area contributed by atoms with Crippen LogP contribution in [0.4, 0.5) is 5.95 Å². The van der Waals surface area contributed by atoms with Crippen molar-refractivity contribution in [1.29, 1.82) is 0 Å². The first kappa shape index (κ1) is 14.3. The number of fused-ring (bicyclic) bond motifs is 1. The van der Waals surface area contributed by atoms with Gasteiger partial charge in [0.1, 0.15) is 0 Å². The van der Waals surface area contributed by atoms with Crippen LogP contribution >= 0.6 is 15.9 Å². The van der Waals surface area contributed by atoms with Gasteiger partial charge in [-0.1, -0.05) is 40.2 Å². The molecule has 0 aliphatic heterocycles. The lowest BCUT2D eigenvalue weighted by atomic mass is 10.2. The fraction of sp³-hybridized carbons (Fsp3) is 0. The number of nitrogens with zero attached hydrogens (tertiary/aromatic N) is 3. The molecular weight excluding hydrogens is 348 g/mol. The van der Waals surface area contributed by atoms with Crippen molar-refractivity contribution in [2.24, 2.45) is 5.10 Å². The summed E-state index contributed by atoms with van der Waals surface area (Å²) in [5.74, 6) is -0.0444. The lowest BCUT2D eigenvalue weighted by Crippen LogP contribution is -2.22. The average molecular weight is 359 g/mol. The van der Waals surface area contributed by atoms with Crippen molar-refractivity contribution >= 4 is 39.0 Å². The van der Waals surface area contributed by atoms with Gasteiger partial charge in [0.25, 0.3) is 11.5 Å². The fourth-order valence-corrected chi connectivity index (χ4v) is 2.17. The number of halogens is 1. The Morgan fingerprint density at radius 2 is 1.91 bits per heavy atom. The summed E-state index contributed by atoms with van der Waals surface area (Å²) >= 11 is 3.35. The van der Waals surface area contributed by atoms with E-state index in [0.29, 0.717) is 15.6 Å². The van der Waals surface area contributed by atoms with Crippen molar-refractivity contribution in [1.82, 2.24) is 9.71 Å². The van der Waals surface area contributed by atoms with Gasteiger partial charge < -0.3 is 5.21 Å². The summed E-state index contributed by atoms with van der Waals surface area (Å²) in [7, 11) is 0. The molecule has 7 heteroatoms. The first-order valence-electron chi connectivity index (χ1n) is 6.41. The molecule has 2 aromatic carbocycles. The maximum absolute atomic E-state index is 12.0. The highest BCUT2D eigenvalue weighted by Crippen LogP contribution is 2.11. The summed E-state index contributed by atoms with van der Waals surface area (Å²) in [6, 6.07) is 14.3. The van der Waals surface area contributed by atoms with Crippen LogP contribution in [0.25, 0.3) is 10.9 Å². The van der Waals surface area contributed by atoms with E-state index in [9.17, 15) is 10.0 Å². The summed E-state index contributed by atoms with van der Waals surface area (Å²) in [5, 5.41) is 14.1. The van der Waals surface area contributed by atoms with Crippen molar-refractivity contribution in [2.45, 2.75) is 0 Å². The largest absolute Gasteiger partial charge is 0.422 e. The van der Waals surface area contributed by atoms with Crippen molar-refractivity contribution in [3.05, 3.63) is 68.9 Å². The number of anilines is 1. The lowest BCUT2D eigenvalue weighted by molar-refractivity contribution is 0.179. The number of para-hydroxylation sites is 1. The van der Waals surface area contributed by atoms with E-state index in [2.05, 4.69) is 31.4 Å². The highest BCUT2D eigenvalue weighted by Gasteiger charge is 2.08. The minimum absolute atomic E-state index is 0.0444. The van der Waals surface area contributed by atoms with Gasteiger partial charge in [-0.2, -0.15) is 5.10 Å². The Bertz CT molecular complexity index is 904. The number of nitrogens with one attached hydrogen (secondary N) is 1. The predicted octanol–water partition coefficient (Wildman–Crippen LogP) is 2.84. The first-order valence-corrected chi connectivity index (χ1v) is 7.20. The van der Waals surface area contributed by atoms with E-state index in [0.717, 1.165) is 10.0 Å². The molecule has 6 nitrogen and oxygen atoms in total. The Balaban J connectivity index is 1.89. The molecule has 0 fully saturated rings. The maximum Gasteiger partial charge on any atom is 0.295 e. The van der Waals surface area contributed by atoms with E-state index in [1.165, 1.54) is 0 Å². The van der Waals surface area contributed by atoms with Gasteiger partial charge in [-0.05, 0) is 29.8 Å². The van der Waals surface area contributed by atoms with Crippen LogP contribution in [-0.4, -0.2) is 21.1 Å². The second-order valence-electron chi connectivity index (χ2n) is 4.49. The van der Waals surface area contributed by atoms with E-state index < -0.39 is 5.56 Å². The number of hydrogen-bond donors (Lipinski definition) is 2. The first-order chi connectivity index (χ1) is 10.6. The topological polar surface area (TPSA) is 79.5 Å². The zero-order valence-electron chi connectivity index (χ0n) is 11.3. The molecule has 0 amide bonds. The van der Waals surface area contributed by atoms with Crippen molar-refractivity contribution in [3.8, 4) is 0 Å². The van der Waals surface area contributed by atoms with Gasteiger partial charge in [0, 0.05) is 4.47 Å². The molecule has 0 radical (unpaired) electrons. The Kier molecular flexibility index (Phi) is 3.88. The van der Waals surface area contributed by atoms with Crippen LogP contribution in [0.15, 0.2) is 62.9 Å². The third kappa shape index (κ3) is 2.84. The molecule has 110 valence electrons. The van der Waals surface area contributed by atoms with Crippen molar-refractivity contribution in [3.63, 3.8) is 0 Å². The molecule has 0 saturated heterocycles. The molecule has 0 aliphatic rings. The highest BCUT2D eigenvalue weighted by molar-refractivity contribution is 9.10. The van der Waals surface area contributed by atoms with Crippen LogP contribution < -0.4 is 11.0 Å². The van der Waals surface area contributed by atoms with Crippen LogP contribution in [0.1, 0.15) is 5.56 Å². The third-order valence-electron chi connectivity index (χ3n) is 3.00. The number of rotatable bonds is 3. The van der Waals surface area contributed by atoms with E-state index in [1.807, 2.05) is 24.3 Å². The summed E-state index contributed by atoms with van der Waals surface area (Å²) < 4.78 is 1.42. The van der Waals surface area contributed by atoms with Crippen LogP contribution in [0, 0.1) is 0 Å². The minimum atomic E-state index is -0.549. The quantitative estimate of drug-likeness (QED) is 0.428. The van der Waals surface area contributed by atoms with Crippen LogP contribution in [-0.2, 0) is 0 Å². The molecule has 1 aromatic heterocycles. The highest BCUT2D eigenvalue weighted by atomic mass is 79.9. The van der Waals surface area contributed by atoms with Gasteiger partial charge in [-0.3, -0.25) is 4.79 Å². The molecule has 3 aromatic rings. The summed E-state index contributed by atoms with van der Waals surface area (Å²) in [5.41, 5.74) is 3.37. The van der Waals surface area contributed by atoms with Gasteiger partial charge in [0.15, 0.2) is 0 Å². The molecular formula is C15H11BrN4O2. The smallest absolute Gasteiger partial charge is 0.295 e. The molecule has 0 bridgehead atoms. The molecule has 0 spiro atoms. The molecule has 0 aliphatic carbocycles. The van der Waals surface area contributed by atoms with Crippen LogP contribution in [0.3, 0.4) is 0 Å². The second-order valence-corrected chi connectivity index (χ2v) is 5.41. The van der Waals surface area contributed by atoms with Gasteiger partial charge in [0.2, 0.25) is 0 Å². The Morgan fingerprint density at radius 3 is 2.68 bits per heavy atom. The Hall–Kier alpha value is -2.67. The van der Waals surface area contributed by atoms with Crippen LogP contribution in [0.5, 0.6) is 0 Å². The predicted molar refractivity (Wildman–Crippen MR) is 88.5 cm³/mol. The number of hydrazone groups is 1. The average Bonchev–Trinajstić information content (AvgIpc) is 2.54. The monoisotopic (exact) mass is 358 g/mol. The van der Waals surface area contributed by atoms with E-state index in [1.54, 1.807) is 30.5 Å². The number of benzene rings is 2. The molecule has 0 unspecified atom stereocenters. The van der Waals surface area contributed by atoms with E-state index in [4.69, 9.17) is 0 Å². The summed E-state index contributed by atoms with van der Waals surface area (Å²) in [4.78, 5) is 16.2. The van der Waals surface area contributed by atoms with E-state index >= 15 is 0 Å². The SMILES string of the molecule is O=c1c2ccccc2nc(N/N=C/c2ccc(Br)cc2)n1O. The Labute approximate surface area is 133 Å². The maximum atomic E-state index is 12.0. The van der Waals surface area contributed by atoms with Crippen molar-refractivity contribution < 1.29 is 5.21 Å². The zero-order valence-corrected chi connectivity index (χ0v) is 12.9. The molecule has 0 saturated carbocycles. The zero-order chi connectivity index (χ0) is 15.5. The van der Waals surface area contributed by atoms with Gasteiger partial charge in [-0.25, -0.2) is 10.4 Å². The van der Waals surface area contributed by atoms with Gasteiger partial charge >= 0.3 is 0 Å². The molecule has 1 heterocycles. The van der Waals surface area contributed by atoms with Gasteiger partial charge in [-0.15, -0.1) is 4.73 Å². The Morgan fingerprint density at radius 1 is 1.18 bits per heavy atom. The minimum Gasteiger partial charge on any atom is -0.422 e. The van der Waals surface area contributed by atoms with Crippen molar-refractivity contribution in [2.75, 3.05) is 5.43 Å². The molecule has 22 heavy (non-hydrogen) atoms. The number of aromatic nitrogens is 2. The molecule has 0 atom stereocenters. The third-order valence-corrected chi connectivity index (χ3v) is 3.53. The summed E-state index contributed by atoms with van der Waals surface area (Å²) in [6.45, 7) is 0. The van der Waals surface area contributed by atoms with Crippen LogP contribution in [0.2, 0.25) is 0 Å². The lowest BCUT2D eigenvalue weighted by Gasteiger charge is -2.06.